The molecule has 0 radical (unpaired) electrons. The first-order chi connectivity index (χ1) is 7.59. The summed E-state index contributed by atoms with van der Waals surface area (Å²) in [6, 6.07) is -0.234. The van der Waals surface area contributed by atoms with Gasteiger partial charge in [0, 0.05) is 26.2 Å². The van der Waals surface area contributed by atoms with Crippen LogP contribution in [-0.2, 0) is 14.3 Å². The molecule has 2 aliphatic heterocycles. The zero-order valence-electron chi connectivity index (χ0n) is 9.39. The molecule has 0 aromatic rings. The molecule has 0 aromatic heterocycles. The molecule has 90 valence electrons. The molecule has 2 N–H and O–H groups in total. The fourth-order valence-electron chi connectivity index (χ4n) is 2.01. The summed E-state index contributed by atoms with van der Waals surface area (Å²) >= 11 is 0. The van der Waals surface area contributed by atoms with Crippen LogP contribution in [0.25, 0.3) is 0 Å². The Kier molecular flexibility index (Phi) is 3.11. The van der Waals surface area contributed by atoms with E-state index in [-0.39, 0.29) is 30.3 Å². The van der Waals surface area contributed by atoms with Crippen LogP contribution in [0.4, 0.5) is 0 Å². The summed E-state index contributed by atoms with van der Waals surface area (Å²) in [5, 5.41) is 0. The van der Waals surface area contributed by atoms with Crippen LogP contribution in [0.15, 0.2) is 0 Å². The third-order valence-electron chi connectivity index (χ3n) is 3.21. The average Bonchev–Trinajstić information content (AvgIpc) is 2.67. The van der Waals surface area contributed by atoms with Gasteiger partial charge in [-0.15, -0.1) is 0 Å². The second kappa shape index (κ2) is 4.39. The Labute approximate surface area is 94.3 Å². The molecule has 2 saturated heterocycles. The maximum absolute atomic E-state index is 12.1. The van der Waals surface area contributed by atoms with E-state index in [2.05, 4.69) is 0 Å². The number of carbonyl (C=O) groups is 2. The summed E-state index contributed by atoms with van der Waals surface area (Å²) in [6.07, 6.45) is 0. The highest BCUT2D eigenvalue weighted by Gasteiger charge is 2.36. The van der Waals surface area contributed by atoms with Crippen molar-refractivity contribution in [3.63, 3.8) is 0 Å². The summed E-state index contributed by atoms with van der Waals surface area (Å²) in [5.74, 6) is -0.352. The number of rotatable bonds is 1. The van der Waals surface area contributed by atoms with Crippen molar-refractivity contribution in [2.24, 2.45) is 11.7 Å². The van der Waals surface area contributed by atoms with E-state index in [4.69, 9.17) is 10.5 Å². The molecular formula is C10H17N3O3. The number of hydrogen-bond acceptors (Lipinski definition) is 4. The fraction of sp³-hybridized carbons (Fsp3) is 0.800. The summed E-state index contributed by atoms with van der Waals surface area (Å²) in [5.41, 5.74) is 5.78. The third-order valence-corrected chi connectivity index (χ3v) is 3.21. The highest BCUT2D eigenvalue weighted by molar-refractivity contribution is 5.87. The first kappa shape index (κ1) is 11.3. The van der Waals surface area contributed by atoms with Crippen molar-refractivity contribution in [2.45, 2.75) is 6.04 Å². The topological polar surface area (TPSA) is 75.9 Å². The molecule has 0 aliphatic carbocycles. The van der Waals surface area contributed by atoms with Crippen molar-refractivity contribution in [1.29, 1.82) is 0 Å². The minimum atomic E-state index is -0.281. The predicted octanol–water partition coefficient (Wildman–Crippen LogP) is -1.74. The molecular weight excluding hydrogens is 210 g/mol. The minimum Gasteiger partial charge on any atom is -0.379 e. The van der Waals surface area contributed by atoms with Crippen LogP contribution < -0.4 is 5.73 Å². The van der Waals surface area contributed by atoms with Crippen LogP contribution in [0.5, 0.6) is 0 Å². The second-order valence-electron chi connectivity index (χ2n) is 4.38. The highest BCUT2D eigenvalue weighted by Crippen LogP contribution is 2.16. The van der Waals surface area contributed by atoms with E-state index in [1.54, 1.807) is 16.8 Å². The highest BCUT2D eigenvalue weighted by atomic mass is 16.5. The maximum Gasteiger partial charge on any atom is 0.241 e. The lowest BCUT2D eigenvalue weighted by atomic mass is 10.0. The van der Waals surface area contributed by atoms with E-state index in [0.717, 1.165) is 0 Å². The molecule has 16 heavy (non-hydrogen) atoms. The van der Waals surface area contributed by atoms with Gasteiger partial charge >= 0.3 is 0 Å². The summed E-state index contributed by atoms with van der Waals surface area (Å²) in [4.78, 5) is 26.8. The van der Waals surface area contributed by atoms with E-state index in [1.807, 2.05) is 0 Å². The van der Waals surface area contributed by atoms with Gasteiger partial charge in [-0.3, -0.25) is 9.59 Å². The van der Waals surface area contributed by atoms with Crippen LogP contribution in [0, 0.1) is 5.92 Å². The Morgan fingerprint density at radius 2 is 2.19 bits per heavy atom. The average molecular weight is 227 g/mol. The van der Waals surface area contributed by atoms with Crippen molar-refractivity contribution >= 4 is 11.8 Å². The number of ether oxygens (including phenoxy) is 1. The van der Waals surface area contributed by atoms with Gasteiger partial charge in [0.05, 0.1) is 25.7 Å². The van der Waals surface area contributed by atoms with Crippen molar-refractivity contribution in [2.75, 3.05) is 39.9 Å². The summed E-state index contributed by atoms with van der Waals surface area (Å²) < 4.78 is 5.16. The van der Waals surface area contributed by atoms with Gasteiger partial charge in [-0.1, -0.05) is 0 Å². The van der Waals surface area contributed by atoms with Gasteiger partial charge in [-0.2, -0.15) is 0 Å². The summed E-state index contributed by atoms with van der Waals surface area (Å²) in [7, 11) is 1.74. The molecule has 6 heteroatoms. The van der Waals surface area contributed by atoms with Gasteiger partial charge in [0.25, 0.3) is 0 Å². The van der Waals surface area contributed by atoms with Crippen LogP contribution in [0.1, 0.15) is 0 Å². The quantitative estimate of drug-likeness (QED) is 0.577. The largest absolute Gasteiger partial charge is 0.379 e. The van der Waals surface area contributed by atoms with Crippen LogP contribution in [0.2, 0.25) is 0 Å². The molecule has 2 rings (SSSR count). The first-order valence-electron chi connectivity index (χ1n) is 5.45. The SMILES string of the molecule is CN1CCN(C(=O)C2COCC2N)CC1=O. The number of hydrogen-bond donors (Lipinski definition) is 1. The normalized spacial score (nSPS) is 31.0. The van der Waals surface area contributed by atoms with Gasteiger partial charge in [-0.05, 0) is 0 Å². The van der Waals surface area contributed by atoms with Gasteiger partial charge < -0.3 is 20.3 Å². The van der Waals surface area contributed by atoms with Gasteiger partial charge in [-0.25, -0.2) is 0 Å². The molecule has 0 aromatic carbocycles. The number of nitrogens with zero attached hydrogens (tertiary/aromatic N) is 2. The zero-order valence-corrected chi connectivity index (χ0v) is 9.39. The number of likely N-dealkylation sites (N-methyl/N-ethyl adjacent to an activating group) is 1. The van der Waals surface area contributed by atoms with E-state index < -0.39 is 0 Å². The number of piperazine rings is 1. The van der Waals surface area contributed by atoms with Gasteiger partial charge in [0.15, 0.2) is 0 Å². The molecule has 2 heterocycles. The van der Waals surface area contributed by atoms with Crippen molar-refractivity contribution in [3.05, 3.63) is 0 Å². The Morgan fingerprint density at radius 3 is 2.75 bits per heavy atom. The Hall–Kier alpha value is -1.14. The minimum absolute atomic E-state index is 0.0212. The van der Waals surface area contributed by atoms with Crippen LogP contribution in [-0.4, -0.2) is 67.6 Å². The molecule has 0 spiro atoms. The predicted molar refractivity (Wildman–Crippen MR) is 56.5 cm³/mol. The smallest absolute Gasteiger partial charge is 0.241 e. The lowest BCUT2D eigenvalue weighted by Gasteiger charge is -2.33. The third kappa shape index (κ3) is 2.03. The second-order valence-corrected chi connectivity index (χ2v) is 4.38. The van der Waals surface area contributed by atoms with Crippen molar-refractivity contribution in [3.8, 4) is 0 Å². The molecule has 2 atom stereocenters. The summed E-state index contributed by atoms with van der Waals surface area (Å²) in [6.45, 7) is 2.15. The molecule has 6 nitrogen and oxygen atoms in total. The fourth-order valence-corrected chi connectivity index (χ4v) is 2.01. The monoisotopic (exact) mass is 227 g/mol. The van der Waals surface area contributed by atoms with E-state index in [1.165, 1.54) is 0 Å². The first-order valence-corrected chi connectivity index (χ1v) is 5.45. The van der Waals surface area contributed by atoms with Gasteiger partial charge in [0.1, 0.15) is 0 Å². The standard InChI is InChI=1S/C10H17N3O3/c1-12-2-3-13(4-9(12)14)10(15)7-5-16-6-8(7)11/h7-8H,2-6,11H2,1H3. The lowest BCUT2D eigenvalue weighted by molar-refractivity contribution is -0.146. The van der Waals surface area contributed by atoms with E-state index in [0.29, 0.717) is 26.3 Å². The Bertz CT molecular complexity index is 308. The molecule has 2 amide bonds. The molecule has 0 bridgehead atoms. The van der Waals surface area contributed by atoms with Gasteiger partial charge in [0.2, 0.25) is 11.8 Å². The number of amides is 2. The lowest BCUT2D eigenvalue weighted by Crippen LogP contribution is -2.54. The van der Waals surface area contributed by atoms with Crippen molar-refractivity contribution in [1.82, 2.24) is 9.80 Å². The maximum atomic E-state index is 12.1. The Balaban J connectivity index is 1.97. The van der Waals surface area contributed by atoms with E-state index >= 15 is 0 Å². The number of carbonyl (C=O) groups excluding carboxylic acids is 2. The zero-order chi connectivity index (χ0) is 11.7. The Morgan fingerprint density at radius 1 is 1.44 bits per heavy atom. The molecule has 2 unspecified atom stereocenters. The van der Waals surface area contributed by atoms with Crippen LogP contribution in [0.3, 0.4) is 0 Å². The molecule has 2 aliphatic rings. The molecule has 0 saturated carbocycles. The number of nitrogens with two attached hydrogens (primary N) is 1. The van der Waals surface area contributed by atoms with Crippen LogP contribution >= 0.6 is 0 Å². The van der Waals surface area contributed by atoms with E-state index in [9.17, 15) is 9.59 Å². The van der Waals surface area contributed by atoms with Crippen molar-refractivity contribution < 1.29 is 14.3 Å². The molecule has 2 fully saturated rings.